The molecule has 0 atom stereocenters. The van der Waals surface area contributed by atoms with Gasteiger partial charge in [0.2, 0.25) is 0 Å². The van der Waals surface area contributed by atoms with Crippen molar-refractivity contribution in [3.05, 3.63) is 28.3 Å². The molecule has 1 aliphatic rings. The Morgan fingerprint density at radius 2 is 2.00 bits per heavy atom. The first-order valence-corrected chi connectivity index (χ1v) is 9.90. The number of carboxylic acids is 2. The average molecular weight is 416 g/mol. The molecule has 0 aliphatic carbocycles. The van der Waals surface area contributed by atoms with Crippen molar-refractivity contribution in [3.63, 3.8) is 0 Å². The molecule has 0 bridgehead atoms. The Bertz CT molecular complexity index is 685. The van der Waals surface area contributed by atoms with Crippen LogP contribution in [0.5, 0.6) is 0 Å². The van der Waals surface area contributed by atoms with Crippen molar-refractivity contribution >= 4 is 45.6 Å². The summed E-state index contributed by atoms with van der Waals surface area (Å²) in [4.78, 5) is 26.2. The molecule has 2 rings (SSSR count). The summed E-state index contributed by atoms with van der Waals surface area (Å²) in [7, 11) is 0. The number of carboxylic acid groups (broad SMARTS) is 2. The number of carbonyl (C=O) groups is 2. The quantitative estimate of drug-likeness (QED) is 0.581. The lowest BCUT2D eigenvalue weighted by Crippen LogP contribution is -2.30. The van der Waals surface area contributed by atoms with Gasteiger partial charge < -0.3 is 15.5 Å². The Kier molecular flexibility index (Phi) is 10.1. The van der Waals surface area contributed by atoms with Gasteiger partial charge in [0.05, 0.1) is 5.69 Å². The van der Waals surface area contributed by atoms with Gasteiger partial charge in [-0.05, 0) is 38.8 Å². The van der Waals surface area contributed by atoms with Crippen molar-refractivity contribution in [2.24, 2.45) is 0 Å². The summed E-state index contributed by atoms with van der Waals surface area (Å²) in [5.41, 5.74) is 2.24. The second-order valence-electron chi connectivity index (χ2n) is 6.24. The van der Waals surface area contributed by atoms with Gasteiger partial charge in [0.25, 0.3) is 0 Å². The zero-order valence-electron chi connectivity index (χ0n) is 15.7. The molecule has 0 radical (unpaired) electrons. The molecule has 3 N–H and O–H groups in total. The van der Waals surface area contributed by atoms with Gasteiger partial charge in [0.15, 0.2) is 5.13 Å². The van der Waals surface area contributed by atoms with E-state index in [2.05, 4.69) is 42.0 Å². The Labute approximate surface area is 168 Å². The molecule has 1 aromatic heterocycles. The predicted molar refractivity (Wildman–Crippen MR) is 110 cm³/mol. The van der Waals surface area contributed by atoms with Crippen LogP contribution in [-0.2, 0) is 9.59 Å². The molecule has 0 amide bonds. The number of nitrogens with one attached hydrogen (secondary N) is 1. The standard InChI is InChI=1S/C14H22ClN3S.C4H4O4/c1-4-7-18-8-5-6-11(9-18)12-13(15)19-14(17-12)16-10(2)3;5-3(6)1-2-4(7)8/h6,10H,4-5,7-9H2,1-3H3,(H,16,17);1-2H,(H,5,6)(H,7,8). The average Bonchev–Trinajstić information content (AvgIpc) is 2.94. The van der Waals surface area contributed by atoms with Gasteiger partial charge in [-0.3, -0.25) is 4.90 Å². The monoisotopic (exact) mass is 415 g/mol. The summed E-state index contributed by atoms with van der Waals surface area (Å²) < 4.78 is 0.799. The van der Waals surface area contributed by atoms with E-state index in [0.29, 0.717) is 18.2 Å². The summed E-state index contributed by atoms with van der Waals surface area (Å²) in [6, 6.07) is 0.381. The van der Waals surface area contributed by atoms with Crippen LogP contribution in [0.15, 0.2) is 18.2 Å². The molecule has 0 saturated carbocycles. The van der Waals surface area contributed by atoms with Crippen molar-refractivity contribution in [1.82, 2.24) is 9.88 Å². The molecule has 0 unspecified atom stereocenters. The third-order valence-electron chi connectivity index (χ3n) is 3.44. The minimum Gasteiger partial charge on any atom is -0.478 e. The van der Waals surface area contributed by atoms with Gasteiger partial charge in [-0.1, -0.05) is 35.9 Å². The third kappa shape index (κ3) is 9.03. The smallest absolute Gasteiger partial charge is 0.328 e. The van der Waals surface area contributed by atoms with Crippen LogP contribution >= 0.6 is 22.9 Å². The third-order valence-corrected chi connectivity index (χ3v) is 4.63. The molecule has 7 nitrogen and oxygen atoms in total. The molecular weight excluding hydrogens is 390 g/mol. The Hall–Kier alpha value is -1.90. The van der Waals surface area contributed by atoms with Crippen molar-refractivity contribution in [1.29, 1.82) is 0 Å². The number of hydrogen-bond donors (Lipinski definition) is 3. The van der Waals surface area contributed by atoms with Crippen molar-refractivity contribution in [2.75, 3.05) is 25.0 Å². The summed E-state index contributed by atoms with van der Waals surface area (Å²) in [6.07, 6.45) is 5.69. The highest BCUT2D eigenvalue weighted by Gasteiger charge is 2.19. The van der Waals surface area contributed by atoms with E-state index in [-0.39, 0.29) is 0 Å². The van der Waals surface area contributed by atoms with Gasteiger partial charge >= 0.3 is 11.9 Å². The van der Waals surface area contributed by atoms with E-state index in [9.17, 15) is 9.59 Å². The maximum atomic E-state index is 9.55. The first-order valence-electron chi connectivity index (χ1n) is 8.71. The second-order valence-corrected chi connectivity index (χ2v) is 7.85. The number of aliphatic carboxylic acids is 2. The minimum atomic E-state index is -1.26. The molecular formula is C18H26ClN3O4S. The van der Waals surface area contributed by atoms with Gasteiger partial charge in [-0.25, -0.2) is 14.6 Å². The van der Waals surface area contributed by atoms with Crippen LogP contribution in [0.1, 0.15) is 39.3 Å². The van der Waals surface area contributed by atoms with E-state index in [4.69, 9.17) is 21.8 Å². The number of aromatic nitrogens is 1. The Morgan fingerprint density at radius 1 is 1.37 bits per heavy atom. The highest BCUT2D eigenvalue weighted by atomic mass is 35.5. The highest BCUT2D eigenvalue weighted by molar-refractivity contribution is 7.19. The zero-order chi connectivity index (χ0) is 20.4. The van der Waals surface area contributed by atoms with E-state index < -0.39 is 11.9 Å². The van der Waals surface area contributed by atoms with Crippen LogP contribution in [0.4, 0.5) is 5.13 Å². The summed E-state index contributed by atoms with van der Waals surface area (Å²) in [5.74, 6) is -2.51. The maximum absolute atomic E-state index is 9.55. The molecule has 27 heavy (non-hydrogen) atoms. The van der Waals surface area contributed by atoms with Crippen LogP contribution < -0.4 is 5.32 Å². The molecule has 9 heteroatoms. The first-order chi connectivity index (χ1) is 12.7. The molecule has 0 spiro atoms. The number of thiazole rings is 1. The van der Waals surface area contributed by atoms with Crippen molar-refractivity contribution < 1.29 is 19.8 Å². The number of hydrogen-bond acceptors (Lipinski definition) is 6. The second kappa shape index (κ2) is 11.7. The van der Waals surface area contributed by atoms with Gasteiger partial charge in [0, 0.05) is 31.3 Å². The molecule has 1 aromatic rings. The zero-order valence-corrected chi connectivity index (χ0v) is 17.3. The molecule has 0 aromatic carbocycles. The maximum Gasteiger partial charge on any atom is 0.328 e. The molecule has 1 aliphatic heterocycles. The Morgan fingerprint density at radius 3 is 2.52 bits per heavy atom. The molecule has 150 valence electrons. The van der Waals surface area contributed by atoms with Crippen LogP contribution in [0.2, 0.25) is 4.34 Å². The fraction of sp³-hybridized carbons (Fsp3) is 0.500. The SMILES string of the molecule is CCCN1CCC=C(c2nc(NC(C)C)sc2Cl)C1.O=C(O)C=CC(=O)O. The summed E-state index contributed by atoms with van der Waals surface area (Å²) in [5, 5.41) is 19.9. The number of rotatable bonds is 7. The van der Waals surface area contributed by atoms with E-state index >= 15 is 0 Å². The fourth-order valence-electron chi connectivity index (χ4n) is 2.44. The van der Waals surface area contributed by atoms with Gasteiger partial charge in [-0.2, -0.15) is 0 Å². The molecule has 0 saturated heterocycles. The number of halogens is 1. The van der Waals surface area contributed by atoms with Crippen LogP contribution in [0.3, 0.4) is 0 Å². The van der Waals surface area contributed by atoms with E-state index in [1.54, 1.807) is 0 Å². The van der Waals surface area contributed by atoms with Crippen LogP contribution in [0, 0.1) is 0 Å². The van der Waals surface area contributed by atoms with Crippen LogP contribution in [-0.4, -0.2) is 57.7 Å². The van der Waals surface area contributed by atoms with Crippen LogP contribution in [0.25, 0.3) is 5.57 Å². The summed E-state index contributed by atoms with van der Waals surface area (Å²) in [6.45, 7) is 9.71. The lowest BCUT2D eigenvalue weighted by molar-refractivity contribution is -0.134. The van der Waals surface area contributed by atoms with E-state index in [1.807, 2.05) is 0 Å². The fourth-order valence-corrected chi connectivity index (χ4v) is 3.69. The van der Waals surface area contributed by atoms with Gasteiger partial charge in [0.1, 0.15) is 4.34 Å². The lowest BCUT2D eigenvalue weighted by Gasteiger charge is -2.26. The number of anilines is 1. The van der Waals surface area contributed by atoms with Gasteiger partial charge in [-0.15, -0.1) is 0 Å². The van der Waals surface area contributed by atoms with Crippen molar-refractivity contribution in [3.8, 4) is 0 Å². The number of nitrogens with zero attached hydrogens (tertiary/aromatic N) is 2. The van der Waals surface area contributed by atoms with E-state index in [1.165, 1.54) is 23.3 Å². The summed E-state index contributed by atoms with van der Waals surface area (Å²) >= 11 is 7.88. The molecule has 2 heterocycles. The predicted octanol–water partition coefficient (Wildman–Crippen LogP) is 3.83. The highest BCUT2D eigenvalue weighted by Crippen LogP contribution is 2.34. The largest absolute Gasteiger partial charge is 0.478 e. The normalized spacial score (nSPS) is 14.6. The lowest BCUT2D eigenvalue weighted by atomic mass is 10.1. The minimum absolute atomic E-state index is 0.381. The first kappa shape index (κ1) is 23.1. The topological polar surface area (TPSA) is 103 Å². The van der Waals surface area contributed by atoms with E-state index in [0.717, 1.165) is 41.2 Å². The van der Waals surface area contributed by atoms with Crippen molar-refractivity contribution in [2.45, 2.75) is 39.7 Å². The molecule has 0 fully saturated rings. The Balaban J connectivity index is 0.000000387.